The van der Waals surface area contributed by atoms with Crippen LogP contribution >= 0.6 is 0 Å². The van der Waals surface area contributed by atoms with Crippen LogP contribution in [0, 0.1) is 13.8 Å². The number of nitrogens with zero attached hydrogens (tertiary/aromatic N) is 1. The first kappa shape index (κ1) is 15.3. The fraction of sp³-hybridized carbons (Fsp3) is 0.625. The van der Waals surface area contributed by atoms with Crippen molar-refractivity contribution in [2.24, 2.45) is 0 Å². The Bertz CT molecular complexity index is 407. The normalized spacial score (nSPS) is 19.0. The molecule has 0 aliphatic carbocycles. The molecule has 1 aliphatic heterocycles. The number of benzene rings is 1. The van der Waals surface area contributed by atoms with Crippen molar-refractivity contribution in [3.8, 4) is 5.75 Å². The minimum atomic E-state index is -0.494. The first-order valence-electron chi connectivity index (χ1n) is 7.32. The van der Waals surface area contributed by atoms with Crippen LogP contribution in [0.1, 0.15) is 24.0 Å². The molecule has 1 unspecified atom stereocenters. The van der Waals surface area contributed by atoms with E-state index in [0.717, 1.165) is 31.7 Å². The molecule has 1 aromatic rings. The second-order valence-electron chi connectivity index (χ2n) is 5.82. The number of β-amino-alcohol motifs (C(OH)–C–C–N with tert-alkyl or cyclic N) is 1. The number of piperidine rings is 1. The Labute approximate surface area is 121 Å². The molecular weight excluding hydrogens is 254 g/mol. The van der Waals surface area contributed by atoms with Crippen molar-refractivity contribution in [2.45, 2.75) is 38.9 Å². The summed E-state index contributed by atoms with van der Waals surface area (Å²) in [4.78, 5) is 2.18. The van der Waals surface area contributed by atoms with Gasteiger partial charge in [-0.15, -0.1) is 0 Å². The fourth-order valence-corrected chi connectivity index (χ4v) is 2.66. The van der Waals surface area contributed by atoms with Crippen molar-refractivity contribution in [3.05, 3.63) is 29.3 Å². The van der Waals surface area contributed by atoms with E-state index in [1.165, 1.54) is 11.1 Å². The van der Waals surface area contributed by atoms with Crippen LogP contribution in [0.2, 0.25) is 0 Å². The van der Waals surface area contributed by atoms with E-state index in [-0.39, 0.29) is 6.10 Å². The quantitative estimate of drug-likeness (QED) is 0.857. The van der Waals surface area contributed by atoms with E-state index < -0.39 is 6.10 Å². The number of aryl methyl sites for hydroxylation is 2. The van der Waals surface area contributed by atoms with Crippen LogP contribution in [0.3, 0.4) is 0 Å². The molecule has 0 saturated carbocycles. The smallest absolute Gasteiger partial charge is 0.119 e. The van der Waals surface area contributed by atoms with Gasteiger partial charge in [-0.25, -0.2) is 0 Å². The molecule has 1 aliphatic rings. The largest absolute Gasteiger partial charge is 0.491 e. The Morgan fingerprint density at radius 2 is 1.80 bits per heavy atom. The Balaban J connectivity index is 1.75. The Morgan fingerprint density at radius 1 is 1.20 bits per heavy atom. The minimum Gasteiger partial charge on any atom is -0.491 e. The molecule has 4 heteroatoms. The Kier molecular flexibility index (Phi) is 5.40. The lowest BCUT2D eigenvalue weighted by atomic mass is 10.1. The first-order chi connectivity index (χ1) is 9.52. The highest BCUT2D eigenvalue weighted by Crippen LogP contribution is 2.16. The highest BCUT2D eigenvalue weighted by atomic mass is 16.5. The molecular formula is C16H25NO3. The van der Waals surface area contributed by atoms with Crippen LogP contribution in [0.4, 0.5) is 0 Å². The summed E-state index contributed by atoms with van der Waals surface area (Å²) < 4.78 is 5.67. The van der Waals surface area contributed by atoms with Gasteiger partial charge < -0.3 is 19.8 Å². The highest BCUT2D eigenvalue weighted by molar-refractivity contribution is 5.32. The summed E-state index contributed by atoms with van der Waals surface area (Å²) >= 11 is 0. The SMILES string of the molecule is Cc1cc(C)cc(OCC(O)CN2CCC(O)CC2)c1. The number of likely N-dealkylation sites (tertiary alicyclic amines) is 1. The van der Waals surface area contributed by atoms with Crippen molar-refractivity contribution in [1.82, 2.24) is 4.90 Å². The third-order valence-electron chi connectivity index (χ3n) is 3.66. The summed E-state index contributed by atoms with van der Waals surface area (Å²) in [5, 5.41) is 19.5. The predicted molar refractivity (Wildman–Crippen MR) is 79.1 cm³/mol. The van der Waals surface area contributed by atoms with Crippen LogP contribution in [0.5, 0.6) is 5.75 Å². The molecule has 112 valence electrons. The van der Waals surface area contributed by atoms with Gasteiger partial charge in [0, 0.05) is 19.6 Å². The van der Waals surface area contributed by atoms with Crippen LogP contribution in [0.15, 0.2) is 18.2 Å². The molecule has 1 heterocycles. The number of ether oxygens (including phenoxy) is 1. The lowest BCUT2D eigenvalue weighted by Crippen LogP contribution is -2.41. The highest BCUT2D eigenvalue weighted by Gasteiger charge is 2.19. The Hall–Kier alpha value is -1.10. The summed E-state index contributed by atoms with van der Waals surface area (Å²) in [6.07, 6.45) is 0.927. The van der Waals surface area contributed by atoms with E-state index in [4.69, 9.17) is 4.74 Å². The topological polar surface area (TPSA) is 52.9 Å². The van der Waals surface area contributed by atoms with Crippen molar-refractivity contribution >= 4 is 0 Å². The standard InChI is InChI=1S/C16H25NO3/c1-12-7-13(2)9-16(8-12)20-11-15(19)10-17-5-3-14(18)4-6-17/h7-9,14-15,18-19H,3-6,10-11H2,1-2H3. The summed E-state index contributed by atoms with van der Waals surface area (Å²) in [6, 6.07) is 6.07. The van der Waals surface area contributed by atoms with Gasteiger partial charge in [-0.05, 0) is 49.9 Å². The molecule has 4 nitrogen and oxygen atoms in total. The molecule has 0 amide bonds. The zero-order chi connectivity index (χ0) is 14.5. The van der Waals surface area contributed by atoms with Crippen molar-refractivity contribution < 1.29 is 14.9 Å². The van der Waals surface area contributed by atoms with E-state index in [1.54, 1.807) is 0 Å². The van der Waals surface area contributed by atoms with Crippen LogP contribution < -0.4 is 4.74 Å². The maximum atomic E-state index is 10.0. The zero-order valence-electron chi connectivity index (χ0n) is 12.4. The third kappa shape index (κ3) is 4.78. The van der Waals surface area contributed by atoms with E-state index >= 15 is 0 Å². The van der Waals surface area contributed by atoms with Crippen LogP contribution in [-0.2, 0) is 0 Å². The van der Waals surface area contributed by atoms with Crippen LogP contribution in [-0.4, -0.2) is 53.6 Å². The van der Waals surface area contributed by atoms with E-state index in [1.807, 2.05) is 26.0 Å². The number of aliphatic hydroxyl groups is 2. The van der Waals surface area contributed by atoms with Gasteiger partial charge in [0.2, 0.25) is 0 Å². The molecule has 0 spiro atoms. The van der Waals surface area contributed by atoms with E-state index in [0.29, 0.717) is 13.2 Å². The van der Waals surface area contributed by atoms with Gasteiger partial charge >= 0.3 is 0 Å². The van der Waals surface area contributed by atoms with Crippen molar-refractivity contribution in [3.63, 3.8) is 0 Å². The van der Waals surface area contributed by atoms with Crippen molar-refractivity contribution in [1.29, 1.82) is 0 Å². The van der Waals surface area contributed by atoms with Crippen LogP contribution in [0.25, 0.3) is 0 Å². The first-order valence-corrected chi connectivity index (χ1v) is 7.32. The molecule has 0 radical (unpaired) electrons. The van der Waals surface area contributed by atoms with E-state index in [9.17, 15) is 10.2 Å². The average molecular weight is 279 g/mol. The molecule has 1 atom stereocenters. The monoisotopic (exact) mass is 279 g/mol. The maximum Gasteiger partial charge on any atom is 0.119 e. The second-order valence-corrected chi connectivity index (χ2v) is 5.82. The van der Waals surface area contributed by atoms with Gasteiger partial charge in [-0.3, -0.25) is 0 Å². The molecule has 1 saturated heterocycles. The lowest BCUT2D eigenvalue weighted by Gasteiger charge is -2.30. The second kappa shape index (κ2) is 7.07. The summed E-state index contributed by atoms with van der Waals surface area (Å²) in [5.41, 5.74) is 2.33. The van der Waals surface area contributed by atoms with E-state index in [2.05, 4.69) is 11.0 Å². The van der Waals surface area contributed by atoms with Gasteiger partial charge in [0.05, 0.1) is 6.10 Å². The summed E-state index contributed by atoms with van der Waals surface area (Å²) in [6.45, 7) is 6.69. The van der Waals surface area contributed by atoms with Gasteiger partial charge in [0.25, 0.3) is 0 Å². The molecule has 0 bridgehead atoms. The molecule has 20 heavy (non-hydrogen) atoms. The molecule has 2 rings (SSSR count). The van der Waals surface area contributed by atoms with Gasteiger partial charge in [-0.1, -0.05) is 6.07 Å². The van der Waals surface area contributed by atoms with Gasteiger partial charge in [0.15, 0.2) is 0 Å². The maximum absolute atomic E-state index is 10.0. The Morgan fingerprint density at radius 3 is 2.40 bits per heavy atom. The minimum absolute atomic E-state index is 0.171. The van der Waals surface area contributed by atoms with Gasteiger partial charge in [0.1, 0.15) is 18.5 Å². The van der Waals surface area contributed by atoms with Crippen molar-refractivity contribution in [2.75, 3.05) is 26.2 Å². The average Bonchev–Trinajstić information content (AvgIpc) is 2.38. The molecule has 1 aromatic carbocycles. The summed E-state index contributed by atoms with van der Waals surface area (Å²) in [7, 11) is 0. The fourth-order valence-electron chi connectivity index (χ4n) is 2.66. The number of rotatable bonds is 5. The molecule has 1 fully saturated rings. The zero-order valence-corrected chi connectivity index (χ0v) is 12.4. The number of aliphatic hydroxyl groups excluding tert-OH is 2. The summed E-state index contributed by atoms with van der Waals surface area (Å²) in [5.74, 6) is 0.815. The molecule has 0 aromatic heterocycles. The third-order valence-corrected chi connectivity index (χ3v) is 3.66. The van der Waals surface area contributed by atoms with Gasteiger partial charge in [-0.2, -0.15) is 0 Å². The predicted octanol–water partition coefficient (Wildman–Crippen LogP) is 1.50. The lowest BCUT2D eigenvalue weighted by molar-refractivity contribution is 0.0337. The number of hydrogen-bond acceptors (Lipinski definition) is 4. The number of hydrogen-bond donors (Lipinski definition) is 2. The molecule has 2 N–H and O–H groups in total.